The van der Waals surface area contributed by atoms with Gasteiger partial charge in [0.15, 0.2) is 0 Å². The highest BCUT2D eigenvalue weighted by molar-refractivity contribution is 9.10. The summed E-state index contributed by atoms with van der Waals surface area (Å²) in [5.41, 5.74) is 2.70. The van der Waals surface area contributed by atoms with Crippen LogP contribution in [0.2, 0.25) is 0 Å². The van der Waals surface area contributed by atoms with Crippen molar-refractivity contribution in [1.29, 1.82) is 0 Å². The number of fused-ring (bicyclic) bond motifs is 1. The molecule has 1 atom stereocenters. The van der Waals surface area contributed by atoms with Gasteiger partial charge in [-0.2, -0.15) is 0 Å². The number of benzene rings is 2. The molecule has 0 spiro atoms. The lowest BCUT2D eigenvalue weighted by atomic mass is 10.0. The number of halogens is 1. The number of nitrogens with one attached hydrogen (secondary N) is 2. The lowest BCUT2D eigenvalue weighted by molar-refractivity contribution is -0.141. The van der Waals surface area contributed by atoms with Crippen LogP contribution in [0.3, 0.4) is 0 Å². The first kappa shape index (κ1) is 22.8. The van der Waals surface area contributed by atoms with Gasteiger partial charge in [-0.15, -0.1) is 0 Å². The predicted octanol–water partition coefficient (Wildman–Crippen LogP) is 3.91. The molecule has 2 N–H and O–H groups in total. The van der Waals surface area contributed by atoms with E-state index in [9.17, 15) is 14.4 Å². The fourth-order valence-corrected chi connectivity index (χ4v) is 3.78. The van der Waals surface area contributed by atoms with Gasteiger partial charge in [-0.3, -0.25) is 14.4 Å². The van der Waals surface area contributed by atoms with Gasteiger partial charge in [0.25, 0.3) is 0 Å². The summed E-state index contributed by atoms with van der Waals surface area (Å²) >= 11 is 3.41. The average Bonchev–Trinajstić information content (AvgIpc) is 2.76. The molecule has 0 radical (unpaired) electrons. The van der Waals surface area contributed by atoms with E-state index in [0.29, 0.717) is 31.6 Å². The molecule has 0 saturated carbocycles. The molecule has 0 bridgehead atoms. The monoisotopic (exact) mass is 488 g/mol. The number of esters is 1. The molecule has 0 saturated heterocycles. The number of carbonyl (C=O) groups is 3. The Bertz CT molecular complexity index is 963. The van der Waals surface area contributed by atoms with Crippen molar-refractivity contribution in [2.24, 2.45) is 0 Å². The molecule has 1 aliphatic rings. The normalized spacial score (nSPS) is 13.5. The quantitative estimate of drug-likeness (QED) is 0.412. The van der Waals surface area contributed by atoms with E-state index in [1.807, 2.05) is 42.5 Å². The van der Waals surface area contributed by atoms with Gasteiger partial charge >= 0.3 is 5.97 Å². The van der Waals surface area contributed by atoms with Crippen molar-refractivity contribution >= 4 is 39.4 Å². The fraction of sp³-hybridized carbons (Fsp3) is 0.348. The number of aryl methyl sites for hydroxylation is 1. The number of hydrogen-bond donors (Lipinski definition) is 2. The van der Waals surface area contributed by atoms with E-state index in [0.717, 1.165) is 21.3 Å². The van der Waals surface area contributed by atoms with Gasteiger partial charge < -0.3 is 20.1 Å². The van der Waals surface area contributed by atoms with Crippen LogP contribution in [0, 0.1) is 0 Å². The van der Waals surface area contributed by atoms with Crippen LogP contribution >= 0.6 is 15.9 Å². The summed E-state index contributed by atoms with van der Waals surface area (Å²) in [6, 6.07) is 12.6. The summed E-state index contributed by atoms with van der Waals surface area (Å²) in [5.74, 6) is 0.191. The van der Waals surface area contributed by atoms with E-state index in [2.05, 4.69) is 26.6 Å². The Morgan fingerprint density at radius 2 is 2.03 bits per heavy atom. The molecule has 1 unspecified atom stereocenters. The van der Waals surface area contributed by atoms with E-state index in [4.69, 9.17) is 9.47 Å². The SMILES string of the molecule is COC(=O)CC(NC(=O)CCCOc1ccc2c(c1)CCC(=O)N2)c1cccc(Br)c1. The summed E-state index contributed by atoms with van der Waals surface area (Å²) in [6.45, 7) is 0.386. The highest BCUT2D eigenvalue weighted by Gasteiger charge is 2.19. The molecule has 31 heavy (non-hydrogen) atoms. The Morgan fingerprint density at radius 1 is 1.19 bits per heavy atom. The zero-order valence-electron chi connectivity index (χ0n) is 17.3. The number of anilines is 1. The molecule has 2 amide bonds. The third-order valence-electron chi connectivity index (χ3n) is 4.97. The summed E-state index contributed by atoms with van der Waals surface area (Å²) in [7, 11) is 1.33. The molecule has 7 nitrogen and oxygen atoms in total. The van der Waals surface area contributed by atoms with Crippen LogP contribution in [0.1, 0.15) is 42.9 Å². The van der Waals surface area contributed by atoms with Crippen LogP contribution in [0.4, 0.5) is 5.69 Å². The largest absolute Gasteiger partial charge is 0.494 e. The second kappa shape index (κ2) is 10.9. The molecule has 0 aliphatic carbocycles. The summed E-state index contributed by atoms with van der Waals surface area (Å²) < 4.78 is 11.4. The molecule has 3 rings (SSSR count). The second-order valence-electron chi connectivity index (χ2n) is 7.27. The maximum Gasteiger partial charge on any atom is 0.307 e. The number of rotatable bonds is 9. The van der Waals surface area contributed by atoms with E-state index in [1.54, 1.807) is 0 Å². The van der Waals surface area contributed by atoms with Crippen LogP contribution in [0.15, 0.2) is 46.9 Å². The minimum atomic E-state index is -0.464. The maximum absolute atomic E-state index is 12.4. The van der Waals surface area contributed by atoms with Crippen molar-refractivity contribution < 1.29 is 23.9 Å². The molecular weight excluding hydrogens is 464 g/mol. The Kier molecular flexibility index (Phi) is 8.06. The average molecular weight is 489 g/mol. The lowest BCUT2D eigenvalue weighted by Gasteiger charge is -2.19. The Hall–Kier alpha value is -2.87. The number of ether oxygens (including phenoxy) is 2. The zero-order valence-corrected chi connectivity index (χ0v) is 18.9. The third-order valence-corrected chi connectivity index (χ3v) is 5.47. The van der Waals surface area contributed by atoms with Gasteiger partial charge in [0.2, 0.25) is 11.8 Å². The van der Waals surface area contributed by atoms with Gasteiger partial charge in [0.05, 0.1) is 26.2 Å². The summed E-state index contributed by atoms with van der Waals surface area (Å²) in [5, 5.41) is 5.75. The maximum atomic E-state index is 12.4. The number of carbonyl (C=O) groups excluding carboxylic acids is 3. The zero-order chi connectivity index (χ0) is 22.2. The minimum Gasteiger partial charge on any atom is -0.494 e. The van der Waals surface area contributed by atoms with Gasteiger partial charge in [-0.1, -0.05) is 28.1 Å². The van der Waals surface area contributed by atoms with Crippen molar-refractivity contribution in [3.8, 4) is 5.75 Å². The lowest BCUT2D eigenvalue weighted by Crippen LogP contribution is -2.30. The van der Waals surface area contributed by atoms with Crippen molar-refractivity contribution in [3.05, 3.63) is 58.1 Å². The smallest absolute Gasteiger partial charge is 0.307 e. The van der Waals surface area contributed by atoms with E-state index in [1.165, 1.54) is 7.11 Å². The Morgan fingerprint density at radius 3 is 2.81 bits per heavy atom. The molecule has 0 aromatic heterocycles. The Labute approximate surface area is 189 Å². The first-order valence-corrected chi connectivity index (χ1v) is 10.9. The van der Waals surface area contributed by atoms with Gasteiger partial charge in [0, 0.05) is 23.0 Å². The van der Waals surface area contributed by atoms with Crippen LogP contribution in [-0.2, 0) is 25.5 Å². The topological polar surface area (TPSA) is 93.7 Å². The Balaban J connectivity index is 1.49. The highest BCUT2D eigenvalue weighted by atomic mass is 79.9. The standard InChI is InChI=1S/C23H25BrN2O5/c1-30-23(29)14-20(15-4-2-5-17(24)12-15)26-21(27)6-3-11-31-18-8-9-19-16(13-18)7-10-22(28)25-19/h2,4-5,8-9,12-13,20H,3,6-7,10-11,14H2,1H3,(H,25,28)(H,26,27). The highest BCUT2D eigenvalue weighted by Crippen LogP contribution is 2.27. The van der Waals surface area contributed by atoms with E-state index >= 15 is 0 Å². The van der Waals surface area contributed by atoms with Crippen LogP contribution < -0.4 is 15.4 Å². The van der Waals surface area contributed by atoms with Crippen molar-refractivity contribution in [1.82, 2.24) is 5.32 Å². The van der Waals surface area contributed by atoms with Crippen molar-refractivity contribution in [2.75, 3.05) is 19.0 Å². The first-order chi connectivity index (χ1) is 14.9. The second-order valence-corrected chi connectivity index (χ2v) is 8.19. The summed E-state index contributed by atoms with van der Waals surface area (Å²) in [4.78, 5) is 35.7. The molecular formula is C23H25BrN2O5. The molecule has 8 heteroatoms. The third kappa shape index (κ3) is 6.82. The van der Waals surface area contributed by atoms with E-state index in [-0.39, 0.29) is 24.7 Å². The van der Waals surface area contributed by atoms with Crippen molar-refractivity contribution in [3.63, 3.8) is 0 Å². The molecule has 1 heterocycles. The van der Waals surface area contributed by atoms with Crippen molar-refractivity contribution in [2.45, 2.75) is 38.1 Å². The molecule has 164 valence electrons. The van der Waals surface area contributed by atoms with Crippen LogP contribution in [0.5, 0.6) is 5.75 Å². The van der Waals surface area contributed by atoms with Crippen LogP contribution in [0.25, 0.3) is 0 Å². The number of hydrogen-bond acceptors (Lipinski definition) is 5. The predicted molar refractivity (Wildman–Crippen MR) is 120 cm³/mol. The number of amides is 2. The van der Waals surface area contributed by atoms with E-state index < -0.39 is 12.0 Å². The molecule has 1 aliphatic heterocycles. The molecule has 2 aromatic rings. The van der Waals surface area contributed by atoms with Gasteiger partial charge in [-0.05, 0) is 54.3 Å². The molecule has 2 aromatic carbocycles. The van der Waals surface area contributed by atoms with Gasteiger partial charge in [0.1, 0.15) is 5.75 Å². The fourth-order valence-electron chi connectivity index (χ4n) is 3.36. The minimum absolute atomic E-state index is 0.0283. The first-order valence-electron chi connectivity index (χ1n) is 10.1. The van der Waals surface area contributed by atoms with Gasteiger partial charge in [-0.25, -0.2) is 0 Å². The number of methoxy groups -OCH3 is 1. The molecule has 0 fully saturated rings. The summed E-state index contributed by atoms with van der Waals surface area (Å²) in [6.07, 6.45) is 2.02. The van der Waals surface area contributed by atoms with Crippen LogP contribution in [-0.4, -0.2) is 31.5 Å².